The molecule has 4 heteroatoms. The first-order valence-corrected chi connectivity index (χ1v) is 6.82. The number of hydrogen-bond acceptors (Lipinski definition) is 2. The van der Waals surface area contributed by atoms with Crippen molar-refractivity contribution in [1.82, 2.24) is 0 Å². The van der Waals surface area contributed by atoms with Crippen LogP contribution in [0.3, 0.4) is 0 Å². The number of thiophene rings is 1. The molecule has 0 saturated heterocycles. The quantitative estimate of drug-likeness (QED) is 0.460. The summed E-state index contributed by atoms with van der Waals surface area (Å²) in [6, 6.07) is 4.20. The number of rotatable bonds is 1. The van der Waals surface area contributed by atoms with Crippen molar-refractivity contribution in [1.29, 1.82) is 0 Å². The van der Waals surface area contributed by atoms with Crippen LogP contribution < -0.4 is 5.73 Å². The maximum Gasteiger partial charge on any atom is 0.0467 e. The van der Waals surface area contributed by atoms with E-state index in [1.54, 1.807) is 11.3 Å². The highest BCUT2D eigenvalue weighted by atomic mass is 127. The van der Waals surface area contributed by atoms with E-state index >= 15 is 0 Å². The maximum absolute atomic E-state index is 5.90. The third kappa shape index (κ3) is 1.59. The molecule has 0 aliphatic heterocycles. The number of benzene rings is 1. The molecule has 1 aromatic heterocycles. The molecule has 0 aliphatic rings. The molecule has 0 amide bonds. The second-order valence-corrected chi connectivity index (χ2v) is 5.31. The van der Waals surface area contributed by atoms with E-state index in [0.717, 1.165) is 11.0 Å². The number of halogens is 2. The third-order valence-corrected chi connectivity index (χ3v) is 4.66. The van der Waals surface area contributed by atoms with Gasteiger partial charge in [-0.1, -0.05) is 15.9 Å². The van der Waals surface area contributed by atoms with Crippen LogP contribution in [0, 0.1) is 3.57 Å². The zero-order chi connectivity index (χ0) is 9.42. The van der Waals surface area contributed by atoms with Crippen molar-refractivity contribution in [3.63, 3.8) is 0 Å². The average Bonchev–Trinajstić information content (AvgIpc) is 2.54. The van der Waals surface area contributed by atoms with Crippen LogP contribution in [-0.2, 0) is 5.33 Å². The SMILES string of the molecule is Nc1cc2sccc2c(CBr)c1I. The van der Waals surface area contributed by atoms with Crippen LogP contribution in [0.15, 0.2) is 17.5 Å². The van der Waals surface area contributed by atoms with Crippen molar-refractivity contribution >= 4 is 65.6 Å². The molecule has 0 spiro atoms. The highest BCUT2D eigenvalue weighted by molar-refractivity contribution is 14.1. The molecular formula is C9H7BrINS. The molecule has 0 atom stereocenters. The zero-order valence-corrected chi connectivity index (χ0v) is 11.2. The Kier molecular flexibility index (Phi) is 2.80. The molecule has 2 aromatic rings. The summed E-state index contributed by atoms with van der Waals surface area (Å²) in [5.74, 6) is 0. The number of fused-ring (bicyclic) bond motifs is 1. The summed E-state index contributed by atoms with van der Waals surface area (Å²) >= 11 is 7.53. The summed E-state index contributed by atoms with van der Waals surface area (Å²) in [5, 5.41) is 4.29. The fourth-order valence-corrected chi connectivity index (χ4v) is 3.92. The van der Waals surface area contributed by atoms with E-state index in [2.05, 4.69) is 50.0 Å². The van der Waals surface area contributed by atoms with Crippen LogP contribution in [-0.4, -0.2) is 0 Å². The Labute approximate surface area is 103 Å². The Morgan fingerprint density at radius 1 is 1.54 bits per heavy atom. The lowest BCUT2D eigenvalue weighted by atomic mass is 10.1. The van der Waals surface area contributed by atoms with Crippen LogP contribution in [0.1, 0.15) is 5.56 Å². The van der Waals surface area contributed by atoms with Crippen molar-refractivity contribution in [2.45, 2.75) is 5.33 Å². The van der Waals surface area contributed by atoms with Crippen molar-refractivity contribution in [2.24, 2.45) is 0 Å². The van der Waals surface area contributed by atoms with Gasteiger partial charge in [-0.15, -0.1) is 11.3 Å². The van der Waals surface area contributed by atoms with Gasteiger partial charge in [0.05, 0.1) is 0 Å². The highest BCUT2D eigenvalue weighted by Crippen LogP contribution is 2.33. The standard InChI is InChI=1S/C9H7BrINS/c10-4-6-5-1-2-13-8(5)3-7(12)9(6)11/h1-3H,4,12H2. The Morgan fingerprint density at radius 3 is 3.00 bits per heavy atom. The average molecular weight is 368 g/mol. The van der Waals surface area contributed by atoms with Gasteiger partial charge in [-0.05, 0) is 51.1 Å². The number of alkyl halides is 1. The van der Waals surface area contributed by atoms with Gasteiger partial charge in [0, 0.05) is 19.3 Å². The molecule has 1 heterocycles. The van der Waals surface area contributed by atoms with Gasteiger partial charge in [-0.3, -0.25) is 0 Å². The fraction of sp³-hybridized carbons (Fsp3) is 0.111. The van der Waals surface area contributed by atoms with Crippen molar-refractivity contribution in [3.8, 4) is 0 Å². The smallest absolute Gasteiger partial charge is 0.0467 e. The largest absolute Gasteiger partial charge is 0.398 e. The van der Waals surface area contributed by atoms with Crippen molar-refractivity contribution in [2.75, 3.05) is 5.73 Å². The number of nitrogen functional groups attached to an aromatic ring is 1. The van der Waals surface area contributed by atoms with Gasteiger partial charge >= 0.3 is 0 Å². The molecule has 1 aromatic carbocycles. The first-order chi connectivity index (χ1) is 6.24. The molecule has 0 fully saturated rings. The van der Waals surface area contributed by atoms with Crippen LogP contribution in [0.5, 0.6) is 0 Å². The molecule has 0 radical (unpaired) electrons. The van der Waals surface area contributed by atoms with E-state index in [-0.39, 0.29) is 0 Å². The minimum atomic E-state index is 0.865. The molecule has 13 heavy (non-hydrogen) atoms. The van der Waals surface area contributed by atoms with Crippen molar-refractivity contribution < 1.29 is 0 Å². The second-order valence-electron chi connectivity index (χ2n) is 2.72. The van der Waals surface area contributed by atoms with Gasteiger partial charge in [-0.2, -0.15) is 0 Å². The molecular weight excluding hydrogens is 361 g/mol. The van der Waals surface area contributed by atoms with Crippen LogP contribution in [0.4, 0.5) is 5.69 Å². The van der Waals surface area contributed by atoms with E-state index < -0.39 is 0 Å². The van der Waals surface area contributed by atoms with E-state index in [9.17, 15) is 0 Å². The van der Waals surface area contributed by atoms with Gasteiger partial charge in [0.1, 0.15) is 0 Å². The zero-order valence-electron chi connectivity index (χ0n) is 6.68. The molecule has 1 nitrogen and oxygen atoms in total. The van der Waals surface area contributed by atoms with Crippen LogP contribution in [0.25, 0.3) is 10.1 Å². The molecule has 2 rings (SSSR count). The lowest BCUT2D eigenvalue weighted by molar-refractivity contribution is 1.46. The maximum atomic E-state index is 5.90. The summed E-state index contributed by atoms with van der Waals surface area (Å²) in [5.41, 5.74) is 8.08. The Morgan fingerprint density at radius 2 is 2.31 bits per heavy atom. The minimum Gasteiger partial charge on any atom is -0.398 e. The minimum absolute atomic E-state index is 0.865. The number of nitrogens with two attached hydrogens (primary N) is 1. The topological polar surface area (TPSA) is 26.0 Å². The molecule has 0 aliphatic carbocycles. The Bertz CT molecular complexity index is 452. The normalized spacial score (nSPS) is 10.9. The van der Waals surface area contributed by atoms with E-state index in [4.69, 9.17) is 5.73 Å². The molecule has 0 unspecified atom stereocenters. The Balaban J connectivity index is 2.87. The summed E-state index contributed by atoms with van der Waals surface area (Å²) in [7, 11) is 0. The van der Waals surface area contributed by atoms with Gasteiger partial charge in [0.2, 0.25) is 0 Å². The van der Waals surface area contributed by atoms with Gasteiger partial charge in [-0.25, -0.2) is 0 Å². The molecule has 0 saturated carbocycles. The summed E-state index contributed by atoms with van der Waals surface area (Å²) in [4.78, 5) is 0. The van der Waals surface area contributed by atoms with Gasteiger partial charge in [0.15, 0.2) is 0 Å². The van der Waals surface area contributed by atoms with E-state index in [0.29, 0.717) is 0 Å². The molecule has 68 valence electrons. The van der Waals surface area contributed by atoms with E-state index in [1.165, 1.54) is 19.2 Å². The third-order valence-electron chi connectivity index (χ3n) is 1.96. The summed E-state index contributed by atoms with van der Waals surface area (Å²) in [6.45, 7) is 0. The fourth-order valence-electron chi connectivity index (χ4n) is 1.31. The lowest BCUT2D eigenvalue weighted by Crippen LogP contribution is -1.93. The molecule has 2 N–H and O–H groups in total. The number of hydrogen-bond donors (Lipinski definition) is 1. The van der Waals surface area contributed by atoms with Crippen LogP contribution in [0.2, 0.25) is 0 Å². The van der Waals surface area contributed by atoms with Gasteiger partial charge < -0.3 is 5.73 Å². The molecule has 0 bridgehead atoms. The van der Waals surface area contributed by atoms with Crippen molar-refractivity contribution in [3.05, 3.63) is 26.6 Å². The second kappa shape index (κ2) is 3.74. The van der Waals surface area contributed by atoms with E-state index in [1.807, 2.05) is 6.07 Å². The Hall–Kier alpha value is 0.190. The van der Waals surface area contributed by atoms with Crippen LogP contribution >= 0.6 is 49.9 Å². The predicted molar refractivity (Wildman–Crippen MR) is 71.6 cm³/mol. The highest BCUT2D eigenvalue weighted by Gasteiger charge is 2.08. The summed E-state index contributed by atoms with van der Waals surface area (Å²) < 4.78 is 2.44. The monoisotopic (exact) mass is 367 g/mol. The first kappa shape index (κ1) is 9.73. The number of anilines is 1. The summed E-state index contributed by atoms with van der Waals surface area (Å²) in [6.07, 6.45) is 0. The van der Waals surface area contributed by atoms with Gasteiger partial charge in [0.25, 0.3) is 0 Å². The predicted octanol–water partition coefficient (Wildman–Crippen LogP) is 3.98. The first-order valence-electron chi connectivity index (χ1n) is 3.74. The lowest BCUT2D eigenvalue weighted by Gasteiger charge is -2.05.